The molecule has 0 saturated heterocycles. The first-order valence-corrected chi connectivity index (χ1v) is 30.8. The lowest BCUT2D eigenvalue weighted by Gasteiger charge is -2.20. The third-order valence-electron chi connectivity index (χ3n) is 12.7. The summed E-state index contributed by atoms with van der Waals surface area (Å²) in [6.45, 7) is 12.3. The number of pyridine rings is 2. The molecule has 6 aromatic rings. The highest BCUT2D eigenvalue weighted by Gasteiger charge is 2.26. The van der Waals surface area contributed by atoms with Crippen molar-refractivity contribution in [2.75, 3.05) is 143 Å². The van der Waals surface area contributed by atoms with Gasteiger partial charge in [0.05, 0.1) is 125 Å². The van der Waals surface area contributed by atoms with Gasteiger partial charge in [0.15, 0.2) is 11.6 Å². The van der Waals surface area contributed by atoms with Crippen molar-refractivity contribution in [3.63, 3.8) is 0 Å². The van der Waals surface area contributed by atoms with E-state index in [4.69, 9.17) is 58.7 Å². The molecule has 0 fully saturated rings. The number of anilines is 2. The topological polar surface area (TPSA) is 457 Å². The smallest absolute Gasteiger partial charge is 0.305 e. The number of hydrogen-bond acceptors (Lipinski definition) is 24. The van der Waals surface area contributed by atoms with Crippen LogP contribution in [0.15, 0.2) is 48.5 Å². The Hall–Kier alpha value is -8.32. The minimum absolute atomic E-state index is 0. The van der Waals surface area contributed by atoms with E-state index in [1.54, 1.807) is 27.7 Å². The molecule has 0 bridgehead atoms. The highest BCUT2D eigenvalue weighted by atomic mass is 16.6. The van der Waals surface area contributed by atoms with Crippen LogP contribution in [0.5, 0.6) is 0 Å². The van der Waals surface area contributed by atoms with Crippen molar-refractivity contribution in [2.24, 2.45) is 11.5 Å². The molecule has 13 N–H and O–H groups in total. The van der Waals surface area contributed by atoms with Gasteiger partial charge in [0.1, 0.15) is 68.1 Å². The second kappa shape index (κ2) is 45.2. The van der Waals surface area contributed by atoms with Crippen molar-refractivity contribution in [1.82, 2.24) is 50.3 Å². The third-order valence-corrected chi connectivity index (χ3v) is 12.7. The van der Waals surface area contributed by atoms with E-state index in [2.05, 4.69) is 47.6 Å². The molecule has 0 unspecified atom stereocenters. The molecule has 0 spiro atoms. The quantitative estimate of drug-likeness (QED) is 0.0241. The summed E-state index contributed by atoms with van der Waals surface area (Å²) in [7, 11) is 1.50. The number of benzene rings is 2. The normalized spacial score (nSPS) is 11.2. The van der Waals surface area contributed by atoms with Crippen LogP contribution in [-0.4, -0.2) is 235 Å². The first-order chi connectivity index (χ1) is 45.5. The van der Waals surface area contributed by atoms with Crippen LogP contribution < -0.4 is 43.4 Å². The number of para-hydroxylation sites is 2. The summed E-state index contributed by atoms with van der Waals surface area (Å²) in [5, 5.41) is 46.9. The van der Waals surface area contributed by atoms with Gasteiger partial charge in [-0.15, -0.1) is 0 Å². The average Bonchev–Trinajstić information content (AvgIpc) is 1.64. The zero-order valence-electron chi connectivity index (χ0n) is 55.0. The van der Waals surface area contributed by atoms with E-state index in [0.29, 0.717) is 58.0 Å². The summed E-state index contributed by atoms with van der Waals surface area (Å²) in [5.74, 6) is -2.32. The summed E-state index contributed by atoms with van der Waals surface area (Å²) in [6.07, 6.45) is 0.0124. The van der Waals surface area contributed by atoms with Crippen molar-refractivity contribution >= 4 is 103 Å². The molecule has 4 aromatic heterocycles. The number of nitrogens with one attached hydrogen (secondary N) is 6. The number of nitrogens with two attached hydrogens (primary N) is 2. The van der Waals surface area contributed by atoms with E-state index in [0.717, 1.165) is 10.8 Å². The van der Waals surface area contributed by atoms with Gasteiger partial charge >= 0.3 is 5.97 Å². The molecule has 33 nitrogen and oxygen atoms in total. The molecule has 0 atom stereocenters. The Morgan fingerprint density at radius 2 is 0.825 bits per heavy atom. The number of aromatic nitrogens is 6. The maximum Gasteiger partial charge on any atom is 0.305 e. The number of aliphatic carboxylic acids is 1. The summed E-state index contributed by atoms with van der Waals surface area (Å²) >= 11 is 0. The Morgan fingerprint density at radius 3 is 1.16 bits per heavy atom. The van der Waals surface area contributed by atoms with Crippen molar-refractivity contribution in [1.29, 1.82) is 0 Å². The predicted molar refractivity (Wildman–Crippen MR) is 362 cm³/mol. The van der Waals surface area contributed by atoms with Crippen LogP contribution in [0.2, 0.25) is 0 Å². The van der Waals surface area contributed by atoms with Gasteiger partial charge in [-0.05, 0) is 60.7 Å². The minimum Gasteiger partial charge on any atom is -0.481 e. The Kier molecular flexibility index (Phi) is 39.5. The predicted octanol–water partition coefficient (Wildman–Crippen LogP) is 1.46. The minimum atomic E-state index is -1.05. The fourth-order valence-corrected chi connectivity index (χ4v) is 8.66. The first kappa shape index (κ1) is 84.8. The van der Waals surface area contributed by atoms with Crippen LogP contribution in [-0.2, 0) is 103 Å². The van der Waals surface area contributed by atoms with Gasteiger partial charge in [-0.1, -0.05) is 51.3 Å². The molecule has 0 aliphatic heterocycles. The van der Waals surface area contributed by atoms with Gasteiger partial charge in [0.25, 0.3) is 0 Å². The highest BCUT2D eigenvalue weighted by molar-refractivity contribution is 6.11. The Labute approximate surface area is 564 Å². The average molecular weight is 1370 g/mol. The molecule has 540 valence electrons. The van der Waals surface area contributed by atoms with Gasteiger partial charge in [-0.3, -0.25) is 38.4 Å². The van der Waals surface area contributed by atoms with Crippen molar-refractivity contribution in [3.8, 4) is 0 Å². The van der Waals surface area contributed by atoms with Crippen LogP contribution in [0.1, 0.15) is 80.9 Å². The molecule has 6 amide bonds. The number of carbonyl (C=O) groups excluding carboxylic acids is 7. The number of nitrogens with zero attached hydrogens (tertiary/aromatic N) is 6. The Balaban J connectivity index is 0.000000631. The van der Waals surface area contributed by atoms with Crippen molar-refractivity contribution in [3.05, 3.63) is 60.2 Å². The maximum absolute atomic E-state index is 12.8. The van der Waals surface area contributed by atoms with E-state index in [9.17, 15) is 48.6 Å². The molecule has 0 aliphatic carbocycles. The number of carbonyl (C=O) groups is 8. The molecule has 0 saturated carbocycles. The van der Waals surface area contributed by atoms with Gasteiger partial charge in [-0.2, -0.15) is 0 Å². The monoisotopic (exact) mass is 1370 g/mol. The number of aliphatic hydroxyl groups is 2. The zero-order valence-corrected chi connectivity index (χ0v) is 55.0. The number of ether oxygens (including phenoxy) is 8. The molecular formula is C64H100N14O19. The number of ketones is 1. The highest BCUT2D eigenvalue weighted by Crippen LogP contribution is 2.33. The van der Waals surface area contributed by atoms with Gasteiger partial charge in [0, 0.05) is 43.5 Å². The summed E-state index contributed by atoms with van der Waals surface area (Å²) in [4.78, 5) is 113. The standard InChI is InChI=1S/C31H45N7O9.C30H42N6O10.CH5N.2CH4/c1-4-44-17-24-36-28-29(38(24)20-31(2,3)43)22-7-5-6-8-23(22)35-30(28)37-25(40)16-34-27(42)19-47-14-12-45-11-13-46-18-26(41)33-10-9-21(39)15-32;1-4-43-16-22-34-27-28(36(22)19-30(2,3)42)20-7-5-6-8-21(20)33-29(27)35-23(37)15-32-25(39)18-46-14-12-44-11-13-45-17-24(38)31-10-9-26(40)41;1-2;;/h5-8,43H,4,9-20,32H2,1-3H3,(H,33,41)(H,34,42)(H,35,37,40);5-8,42H,4,9-19H2,1-3H3,(H,31,38)(H,32,39)(H,40,41)(H,33,35,37);2H2,1H3;2*1H4. The van der Waals surface area contributed by atoms with E-state index >= 15 is 0 Å². The second-order valence-electron chi connectivity index (χ2n) is 21.9. The van der Waals surface area contributed by atoms with Crippen LogP contribution in [0.4, 0.5) is 11.6 Å². The lowest BCUT2D eigenvalue weighted by molar-refractivity contribution is -0.137. The van der Waals surface area contributed by atoms with Crippen LogP contribution in [0, 0.1) is 0 Å². The number of imidazole rings is 2. The molecule has 6 rings (SSSR count). The fraction of sp³-hybridized carbons (Fsp3) is 0.562. The summed E-state index contributed by atoms with van der Waals surface area (Å²) in [6, 6.07) is 14.9. The molecule has 0 radical (unpaired) electrons. The molecule has 33 heteroatoms. The maximum atomic E-state index is 12.8. The molecule has 0 aliphatic rings. The largest absolute Gasteiger partial charge is 0.481 e. The Morgan fingerprint density at radius 1 is 0.485 bits per heavy atom. The lowest BCUT2D eigenvalue weighted by Crippen LogP contribution is -2.35. The number of carboxylic acid groups (broad SMARTS) is 1. The van der Waals surface area contributed by atoms with Crippen LogP contribution in [0.3, 0.4) is 0 Å². The second-order valence-corrected chi connectivity index (χ2v) is 21.9. The molecule has 2 aromatic carbocycles. The molecular weight excluding hydrogens is 1270 g/mol. The fourth-order valence-electron chi connectivity index (χ4n) is 8.66. The SMILES string of the molecule is C.C.CCOCc1nc2c(NC(=O)CNC(=O)COCCOCCOCC(=O)NCCC(=O)CN)nc3ccccc3c2n1CC(C)(C)O.CCOCc1nc2c(NC(=O)CNC(=O)COCCOCCOCC(=O)NCCC(=O)O)nc3ccccc3c2n1CC(C)(C)O.CN. The molecule has 97 heavy (non-hydrogen) atoms. The Bertz CT molecular complexity index is 3440. The number of rotatable bonds is 43. The zero-order chi connectivity index (χ0) is 69.8. The first-order valence-electron chi connectivity index (χ1n) is 30.8. The molecule has 4 heterocycles. The van der Waals surface area contributed by atoms with Gasteiger partial charge in [-0.25, -0.2) is 19.9 Å². The van der Waals surface area contributed by atoms with Gasteiger partial charge in [0.2, 0.25) is 35.4 Å². The summed E-state index contributed by atoms with van der Waals surface area (Å²) in [5.41, 5.74) is 11.1. The van der Waals surface area contributed by atoms with Gasteiger partial charge < -0.3 is 106 Å². The number of amides is 6. The third kappa shape index (κ3) is 31.2. The lowest BCUT2D eigenvalue weighted by atomic mass is 10.1. The van der Waals surface area contributed by atoms with Crippen LogP contribution in [0.25, 0.3) is 43.9 Å². The van der Waals surface area contributed by atoms with Crippen molar-refractivity contribution in [2.45, 2.75) is 107 Å². The number of fused-ring (bicyclic) bond motifs is 6. The van der Waals surface area contributed by atoms with E-state index in [-0.39, 0.29) is 189 Å². The van der Waals surface area contributed by atoms with E-state index < -0.39 is 46.7 Å². The van der Waals surface area contributed by atoms with E-state index in [1.807, 2.05) is 71.5 Å². The number of hydrogen-bond donors (Lipinski definition) is 11. The number of carboxylic acids is 1. The van der Waals surface area contributed by atoms with E-state index in [1.165, 1.54) is 7.05 Å². The van der Waals surface area contributed by atoms with Crippen molar-refractivity contribution < 1.29 is 91.6 Å². The number of Topliss-reactive ketones (excluding diaryl/α,β-unsaturated/α-hetero) is 1. The van der Waals surface area contributed by atoms with Crippen LogP contribution >= 0.6 is 0 Å². The summed E-state index contributed by atoms with van der Waals surface area (Å²) < 4.78 is 46.5.